The maximum Gasteiger partial charge on any atom is 0.166 e. The highest BCUT2D eigenvalue weighted by atomic mass is 16.3. The number of nitriles is 1. The van der Waals surface area contributed by atoms with Crippen molar-refractivity contribution in [2.75, 3.05) is 0 Å². The molecule has 302 valence electrons. The topological polar surface area (TPSA) is 85.5 Å². The van der Waals surface area contributed by atoms with E-state index in [1.165, 1.54) is 0 Å². The summed E-state index contributed by atoms with van der Waals surface area (Å²) in [5.74, 6) is 1.41. The van der Waals surface area contributed by atoms with Gasteiger partial charge in [-0.15, -0.1) is 0 Å². The molecule has 0 unspecified atom stereocenters. The maximum atomic E-state index is 11.4. The summed E-state index contributed by atoms with van der Waals surface area (Å²) in [6.07, 6.45) is 0. The van der Waals surface area contributed by atoms with Gasteiger partial charge < -0.3 is 13.6 Å². The van der Waals surface area contributed by atoms with Gasteiger partial charge in [-0.25, -0.2) is 15.0 Å². The summed E-state index contributed by atoms with van der Waals surface area (Å²) < 4.78 is 11.8. The number of aromatic nitrogens is 5. The molecule has 65 heavy (non-hydrogen) atoms. The van der Waals surface area contributed by atoms with Crippen molar-refractivity contribution in [2.24, 2.45) is 0 Å². The molecule has 0 bridgehead atoms. The Kier molecular flexibility index (Phi) is 8.14. The SMILES string of the molecule is N#Cc1cc(-n2c3ccccc3c3cc(-c4ccccc4)c4c(c5ccccc5n4-c4ccccc4)c32)c2oc3ccccc3c2c1-c1nc(-c2ccccc2)nc(-c2ccccc2)n1. The lowest BCUT2D eigenvalue weighted by Crippen LogP contribution is -2.03. The van der Waals surface area contributed by atoms with E-state index in [1.54, 1.807) is 0 Å². The lowest BCUT2D eigenvalue weighted by Gasteiger charge is -2.16. The van der Waals surface area contributed by atoms with E-state index in [-0.39, 0.29) is 0 Å². The number of para-hydroxylation sites is 4. The monoisotopic (exact) mass is 830 g/mol. The minimum atomic E-state index is 0.389. The highest BCUT2D eigenvalue weighted by molar-refractivity contribution is 6.30. The van der Waals surface area contributed by atoms with Crippen molar-refractivity contribution >= 4 is 65.6 Å². The molecule has 4 heterocycles. The Morgan fingerprint density at radius 2 is 0.954 bits per heavy atom. The van der Waals surface area contributed by atoms with Gasteiger partial charge in [0.05, 0.1) is 39.4 Å². The Labute approximate surface area is 372 Å². The first-order valence-corrected chi connectivity index (χ1v) is 21.6. The van der Waals surface area contributed by atoms with Crippen LogP contribution in [0.1, 0.15) is 5.56 Å². The first-order valence-electron chi connectivity index (χ1n) is 21.6. The van der Waals surface area contributed by atoms with Crippen LogP contribution in [0.4, 0.5) is 0 Å². The third kappa shape index (κ3) is 5.58. The molecule has 0 spiro atoms. The molecular weight excluding hydrogens is 797 g/mol. The van der Waals surface area contributed by atoms with Crippen molar-refractivity contribution in [1.29, 1.82) is 5.26 Å². The Morgan fingerprint density at radius 1 is 0.431 bits per heavy atom. The van der Waals surface area contributed by atoms with E-state index in [9.17, 15) is 5.26 Å². The average Bonchev–Trinajstić information content (AvgIpc) is 4.05. The molecule has 0 saturated heterocycles. The van der Waals surface area contributed by atoms with Crippen molar-refractivity contribution in [1.82, 2.24) is 24.1 Å². The molecule has 0 aliphatic heterocycles. The number of nitrogens with zero attached hydrogens (tertiary/aromatic N) is 6. The molecular formula is C58H34N6O. The standard InChI is InChI=1S/C58H34N6O/c59-35-39-33-48(55-51(43-29-15-18-32-49(43)65-55)50(39)58-61-56(37-21-7-2-8-22-37)60-57(62-58)38-23-9-3-10-24-38)64-46-30-16-13-27-41(46)45-34-44(36-19-5-1-6-20-36)53-52(54(45)64)42-28-14-17-31-47(42)63(53)40-25-11-4-12-26-40/h1-34H. The van der Waals surface area contributed by atoms with Gasteiger partial charge >= 0.3 is 0 Å². The van der Waals surface area contributed by atoms with Crippen molar-refractivity contribution in [2.45, 2.75) is 0 Å². The zero-order valence-corrected chi connectivity index (χ0v) is 34.7. The third-order valence-electron chi connectivity index (χ3n) is 12.6. The van der Waals surface area contributed by atoms with Crippen LogP contribution in [0.25, 0.3) is 122 Å². The molecule has 0 saturated carbocycles. The zero-order chi connectivity index (χ0) is 43.0. The van der Waals surface area contributed by atoms with Crippen molar-refractivity contribution in [3.63, 3.8) is 0 Å². The molecule has 13 rings (SSSR count). The fourth-order valence-electron chi connectivity index (χ4n) is 9.83. The van der Waals surface area contributed by atoms with Crippen molar-refractivity contribution in [3.05, 3.63) is 212 Å². The Bertz CT molecular complexity index is 3990. The fourth-order valence-corrected chi connectivity index (χ4v) is 9.83. The third-order valence-corrected chi connectivity index (χ3v) is 12.6. The molecule has 0 fully saturated rings. The summed E-state index contributed by atoms with van der Waals surface area (Å²) >= 11 is 0. The van der Waals surface area contributed by atoms with E-state index in [4.69, 9.17) is 19.4 Å². The lowest BCUT2D eigenvalue weighted by molar-refractivity contribution is 0.666. The fraction of sp³-hybridized carbons (Fsp3) is 0. The highest BCUT2D eigenvalue weighted by Crippen LogP contribution is 2.49. The van der Waals surface area contributed by atoms with Crippen LogP contribution >= 0.6 is 0 Å². The molecule has 9 aromatic carbocycles. The second-order valence-corrected chi connectivity index (χ2v) is 16.2. The molecule has 7 heteroatoms. The molecule has 0 atom stereocenters. The summed E-state index contributed by atoms with van der Waals surface area (Å²) in [5, 5.41) is 17.4. The van der Waals surface area contributed by atoms with Crippen molar-refractivity contribution in [3.8, 4) is 62.7 Å². The normalized spacial score (nSPS) is 11.7. The largest absolute Gasteiger partial charge is 0.454 e. The van der Waals surface area contributed by atoms with Gasteiger partial charge in [0.25, 0.3) is 0 Å². The van der Waals surface area contributed by atoms with E-state index in [2.05, 4.69) is 137 Å². The van der Waals surface area contributed by atoms with Gasteiger partial charge in [0.1, 0.15) is 5.58 Å². The second-order valence-electron chi connectivity index (χ2n) is 16.2. The first kappa shape index (κ1) is 36.5. The van der Waals surface area contributed by atoms with Gasteiger partial charge in [-0.2, -0.15) is 5.26 Å². The van der Waals surface area contributed by atoms with Crippen LogP contribution in [0.15, 0.2) is 211 Å². The predicted molar refractivity (Wildman–Crippen MR) is 262 cm³/mol. The number of hydrogen-bond donors (Lipinski definition) is 0. The minimum Gasteiger partial charge on any atom is -0.454 e. The van der Waals surface area contributed by atoms with E-state index in [0.717, 1.165) is 88.0 Å². The van der Waals surface area contributed by atoms with Crippen LogP contribution in [0, 0.1) is 11.3 Å². The Morgan fingerprint density at radius 3 is 1.60 bits per heavy atom. The molecule has 0 N–H and O–H groups in total. The number of benzene rings is 9. The van der Waals surface area contributed by atoms with E-state index in [1.807, 2.05) is 84.9 Å². The van der Waals surface area contributed by atoms with Gasteiger partial charge in [0, 0.05) is 60.3 Å². The molecule has 0 amide bonds. The van der Waals surface area contributed by atoms with Crippen LogP contribution in [-0.2, 0) is 0 Å². The molecule has 4 aromatic heterocycles. The highest BCUT2D eigenvalue weighted by Gasteiger charge is 2.29. The summed E-state index contributed by atoms with van der Waals surface area (Å²) in [4.78, 5) is 15.3. The van der Waals surface area contributed by atoms with Crippen LogP contribution in [0.3, 0.4) is 0 Å². The number of furan rings is 1. The molecule has 0 radical (unpaired) electrons. The van der Waals surface area contributed by atoms with Gasteiger partial charge in [-0.1, -0.05) is 164 Å². The number of hydrogen-bond acceptors (Lipinski definition) is 5. The zero-order valence-electron chi connectivity index (χ0n) is 34.7. The van der Waals surface area contributed by atoms with Gasteiger partial charge in [0.15, 0.2) is 23.1 Å². The Balaban J connectivity index is 1.21. The quantitative estimate of drug-likeness (QED) is 0.167. The molecule has 0 aliphatic carbocycles. The second kappa shape index (κ2) is 14.5. The van der Waals surface area contributed by atoms with E-state index < -0.39 is 0 Å². The van der Waals surface area contributed by atoms with E-state index >= 15 is 0 Å². The van der Waals surface area contributed by atoms with Gasteiger partial charge in [0.2, 0.25) is 0 Å². The maximum absolute atomic E-state index is 11.4. The summed E-state index contributed by atoms with van der Waals surface area (Å²) in [6.45, 7) is 0. The van der Waals surface area contributed by atoms with E-state index in [0.29, 0.717) is 39.8 Å². The summed E-state index contributed by atoms with van der Waals surface area (Å²) in [5.41, 5.74) is 12.2. The van der Waals surface area contributed by atoms with Crippen LogP contribution in [0.5, 0.6) is 0 Å². The molecule has 0 aliphatic rings. The average molecular weight is 831 g/mol. The minimum absolute atomic E-state index is 0.389. The molecule has 13 aromatic rings. The van der Waals surface area contributed by atoms with Crippen molar-refractivity contribution < 1.29 is 4.42 Å². The summed E-state index contributed by atoms with van der Waals surface area (Å²) in [6, 6.07) is 73.2. The smallest absolute Gasteiger partial charge is 0.166 e. The Hall–Kier alpha value is -9.12. The summed E-state index contributed by atoms with van der Waals surface area (Å²) in [7, 11) is 0. The van der Waals surface area contributed by atoms with Crippen LogP contribution < -0.4 is 0 Å². The molecule has 7 nitrogen and oxygen atoms in total. The number of rotatable bonds is 6. The van der Waals surface area contributed by atoms with Gasteiger partial charge in [-0.05, 0) is 48.0 Å². The lowest BCUT2D eigenvalue weighted by atomic mass is 9.97. The van der Waals surface area contributed by atoms with Crippen LogP contribution in [-0.4, -0.2) is 24.1 Å². The predicted octanol–water partition coefficient (Wildman–Crippen LogP) is 14.5. The van der Waals surface area contributed by atoms with Gasteiger partial charge in [-0.3, -0.25) is 0 Å². The van der Waals surface area contributed by atoms with Crippen LogP contribution in [0.2, 0.25) is 0 Å². The first-order chi connectivity index (χ1) is 32.2. The number of fused-ring (bicyclic) bond motifs is 10.